The van der Waals surface area contributed by atoms with Gasteiger partial charge in [-0.05, 0) is 37.1 Å². The van der Waals surface area contributed by atoms with E-state index < -0.39 is 0 Å². The van der Waals surface area contributed by atoms with Crippen LogP contribution in [0.4, 0.5) is 0 Å². The van der Waals surface area contributed by atoms with Gasteiger partial charge in [0.05, 0.1) is 0 Å². The van der Waals surface area contributed by atoms with Crippen molar-refractivity contribution >= 4 is 0 Å². The minimum Gasteiger partial charge on any atom is -0.314 e. The van der Waals surface area contributed by atoms with E-state index in [2.05, 4.69) is 33.0 Å². The molecule has 1 fully saturated rings. The molecule has 3 atom stereocenters. The van der Waals surface area contributed by atoms with Crippen LogP contribution >= 0.6 is 0 Å². The van der Waals surface area contributed by atoms with E-state index >= 15 is 0 Å². The molecule has 1 rings (SSSR count). The van der Waals surface area contributed by atoms with Gasteiger partial charge in [0, 0.05) is 6.04 Å². The molecule has 0 amide bonds. The van der Waals surface area contributed by atoms with Crippen LogP contribution < -0.4 is 5.32 Å². The molecule has 16 heavy (non-hydrogen) atoms. The summed E-state index contributed by atoms with van der Waals surface area (Å²) in [6, 6.07) is 0.645. The maximum atomic E-state index is 3.64. The first kappa shape index (κ1) is 14.0. The molecular weight excluding hydrogens is 194 g/mol. The SMILES string of the molecule is CCCC1CC(CC)CCC1CNC(C)C. The summed E-state index contributed by atoms with van der Waals surface area (Å²) in [6.07, 6.45) is 8.63. The van der Waals surface area contributed by atoms with Crippen molar-refractivity contribution in [1.82, 2.24) is 5.32 Å². The highest BCUT2D eigenvalue weighted by Gasteiger charge is 2.28. The molecule has 3 unspecified atom stereocenters. The van der Waals surface area contributed by atoms with Gasteiger partial charge >= 0.3 is 0 Å². The average Bonchev–Trinajstić information content (AvgIpc) is 2.27. The van der Waals surface area contributed by atoms with Crippen LogP contribution in [0.5, 0.6) is 0 Å². The third-order valence-corrected chi connectivity index (χ3v) is 4.27. The molecule has 0 aromatic heterocycles. The highest BCUT2D eigenvalue weighted by Crippen LogP contribution is 2.37. The van der Waals surface area contributed by atoms with Crippen molar-refractivity contribution in [3.05, 3.63) is 0 Å². The zero-order chi connectivity index (χ0) is 12.0. The maximum Gasteiger partial charge on any atom is 0.00104 e. The van der Waals surface area contributed by atoms with Crippen molar-refractivity contribution in [2.45, 2.75) is 72.3 Å². The van der Waals surface area contributed by atoms with Gasteiger partial charge in [0.15, 0.2) is 0 Å². The molecule has 0 aliphatic heterocycles. The first-order chi connectivity index (χ1) is 7.67. The van der Waals surface area contributed by atoms with E-state index in [4.69, 9.17) is 0 Å². The molecule has 1 aliphatic rings. The number of hydrogen-bond donors (Lipinski definition) is 1. The Balaban J connectivity index is 2.41. The fraction of sp³-hybridized carbons (Fsp3) is 1.00. The molecule has 1 saturated carbocycles. The summed E-state index contributed by atoms with van der Waals surface area (Å²) in [5.41, 5.74) is 0. The first-order valence-corrected chi connectivity index (χ1v) is 7.40. The zero-order valence-corrected chi connectivity index (χ0v) is 11.8. The van der Waals surface area contributed by atoms with Crippen LogP contribution in [0.3, 0.4) is 0 Å². The Bertz CT molecular complexity index is 176. The average molecular weight is 225 g/mol. The highest BCUT2D eigenvalue weighted by atomic mass is 14.9. The molecule has 1 heteroatoms. The quantitative estimate of drug-likeness (QED) is 0.713. The van der Waals surface area contributed by atoms with Crippen molar-refractivity contribution in [2.75, 3.05) is 6.54 Å². The third kappa shape index (κ3) is 4.45. The fourth-order valence-corrected chi connectivity index (χ4v) is 3.17. The van der Waals surface area contributed by atoms with E-state index in [0.717, 1.165) is 17.8 Å². The normalized spacial score (nSPS) is 30.9. The van der Waals surface area contributed by atoms with Crippen LogP contribution in [0, 0.1) is 17.8 Å². The predicted octanol–water partition coefficient (Wildman–Crippen LogP) is 4.23. The standard InChI is InChI=1S/C15H31N/c1-5-7-14-10-13(6-2)8-9-15(14)11-16-12(3)4/h12-16H,5-11H2,1-4H3. The number of hydrogen-bond acceptors (Lipinski definition) is 1. The molecule has 1 N–H and O–H groups in total. The number of rotatable bonds is 6. The highest BCUT2D eigenvalue weighted by molar-refractivity contribution is 4.81. The van der Waals surface area contributed by atoms with Gasteiger partial charge in [0.25, 0.3) is 0 Å². The van der Waals surface area contributed by atoms with Gasteiger partial charge in [-0.3, -0.25) is 0 Å². The molecule has 0 heterocycles. The topological polar surface area (TPSA) is 12.0 Å². The molecule has 0 spiro atoms. The number of nitrogens with one attached hydrogen (secondary N) is 1. The van der Waals surface area contributed by atoms with Crippen molar-refractivity contribution in [3.8, 4) is 0 Å². The van der Waals surface area contributed by atoms with Gasteiger partial charge in [-0.15, -0.1) is 0 Å². The van der Waals surface area contributed by atoms with Gasteiger partial charge in [-0.25, -0.2) is 0 Å². The van der Waals surface area contributed by atoms with Crippen LogP contribution in [0.25, 0.3) is 0 Å². The lowest BCUT2D eigenvalue weighted by Gasteiger charge is -2.36. The van der Waals surface area contributed by atoms with E-state index in [-0.39, 0.29) is 0 Å². The summed E-state index contributed by atoms with van der Waals surface area (Å²) in [5.74, 6) is 2.96. The van der Waals surface area contributed by atoms with Gasteiger partial charge in [-0.2, -0.15) is 0 Å². The summed E-state index contributed by atoms with van der Waals surface area (Å²) < 4.78 is 0. The van der Waals surface area contributed by atoms with Gasteiger partial charge in [-0.1, -0.05) is 53.4 Å². The molecule has 0 aromatic rings. The van der Waals surface area contributed by atoms with Crippen molar-refractivity contribution < 1.29 is 0 Å². The Morgan fingerprint density at radius 3 is 2.44 bits per heavy atom. The largest absolute Gasteiger partial charge is 0.314 e. The van der Waals surface area contributed by atoms with Gasteiger partial charge in [0.2, 0.25) is 0 Å². The lowest BCUT2D eigenvalue weighted by molar-refractivity contribution is 0.160. The van der Waals surface area contributed by atoms with Crippen LogP contribution in [0.1, 0.15) is 66.2 Å². The van der Waals surface area contributed by atoms with E-state index in [1.54, 1.807) is 0 Å². The molecule has 0 radical (unpaired) electrons. The van der Waals surface area contributed by atoms with E-state index in [1.165, 1.54) is 45.1 Å². The third-order valence-electron chi connectivity index (χ3n) is 4.27. The molecule has 1 aliphatic carbocycles. The zero-order valence-electron chi connectivity index (χ0n) is 11.8. The maximum absolute atomic E-state index is 3.64. The lowest BCUT2D eigenvalue weighted by atomic mass is 9.71. The summed E-state index contributed by atoms with van der Waals surface area (Å²) in [6.45, 7) is 10.5. The van der Waals surface area contributed by atoms with E-state index in [0.29, 0.717) is 6.04 Å². The Labute approximate surface area is 102 Å². The molecule has 0 saturated heterocycles. The Morgan fingerprint density at radius 2 is 1.88 bits per heavy atom. The van der Waals surface area contributed by atoms with E-state index in [1.807, 2.05) is 0 Å². The molecule has 0 bridgehead atoms. The van der Waals surface area contributed by atoms with Gasteiger partial charge in [0.1, 0.15) is 0 Å². The minimum atomic E-state index is 0.645. The fourth-order valence-electron chi connectivity index (χ4n) is 3.17. The molecular formula is C15H31N. The monoisotopic (exact) mass is 225 g/mol. The van der Waals surface area contributed by atoms with Crippen LogP contribution in [0.15, 0.2) is 0 Å². The van der Waals surface area contributed by atoms with E-state index in [9.17, 15) is 0 Å². The Hall–Kier alpha value is -0.0400. The van der Waals surface area contributed by atoms with Crippen molar-refractivity contribution in [2.24, 2.45) is 17.8 Å². The molecule has 0 aromatic carbocycles. The Kier molecular flexibility index (Phi) is 6.41. The van der Waals surface area contributed by atoms with Crippen LogP contribution in [-0.4, -0.2) is 12.6 Å². The van der Waals surface area contributed by atoms with Crippen molar-refractivity contribution in [3.63, 3.8) is 0 Å². The van der Waals surface area contributed by atoms with Crippen LogP contribution in [0.2, 0.25) is 0 Å². The summed E-state index contributed by atoms with van der Waals surface area (Å²) in [4.78, 5) is 0. The second-order valence-corrected chi connectivity index (χ2v) is 5.96. The predicted molar refractivity (Wildman–Crippen MR) is 72.7 cm³/mol. The summed E-state index contributed by atoms with van der Waals surface area (Å²) in [5, 5.41) is 3.64. The second-order valence-electron chi connectivity index (χ2n) is 5.96. The minimum absolute atomic E-state index is 0.645. The van der Waals surface area contributed by atoms with Crippen molar-refractivity contribution in [1.29, 1.82) is 0 Å². The summed E-state index contributed by atoms with van der Waals surface area (Å²) in [7, 11) is 0. The lowest BCUT2D eigenvalue weighted by Crippen LogP contribution is -2.35. The first-order valence-electron chi connectivity index (χ1n) is 7.40. The smallest absolute Gasteiger partial charge is 0.00104 e. The molecule has 96 valence electrons. The molecule has 1 nitrogen and oxygen atoms in total. The Morgan fingerprint density at radius 1 is 1.12 bits per heavy atom. The van der Waals surface area contributed by atoms with Gasteiger partial charge < -0.3 is 5.32 Å². The summed E-state index contributed by atoms with van der Waals surface area (Å²) >= 11 is 0. The second kappa shape index (κ2) is 7.32. The van der Waals surface area contributed by atoms with Crippen LogP contribution in [-0.2, 0) is 0 Å².